The van der Waals surface area contributed by atoms with E-state index in [4.69, 9.17) is 4.98 Å². The van der Waals surface area contributed by atoms with Gasteiger partial charge in [0.1, 0.15) is 0 Å². The van der Waals surface area contributed by atoms with E-state index in [2.05, 4.69) is 76.3 Å². The summed E-state index contributed by atoms with van der Waals surface area (Å²) in [6, 6.07) is 47.4. The molecule has 0 radical (unpaired) electrons. The maximum absolute atomic E-state index is 15.7. The third kappa shape index (κ3) is 3.42. The molecule has 202 valence electrons. The van der Waals surface area contributed by atoms with Crippen LogP contribution in [0.5, 0.6) is 0 Å². The molecule has 0 N–H and O–H groups in total. The van der Waals surface area contributed by atoms with Crippen LogP contribution in [0.25, 0.3) is 60.9 Å². The molecule has 3 heterocycles. The predicted molar refractivity (Wildman–Crippen MR) is 178 cm³/mol. The Hall–Kier alpha value is -5.31. The van der Waals surface area contributed by atoms with Gasteiger partial charge in [0.15, 0.2) is 13.0 Å². The summed E-state index contributed by atoms with van der Waals surface area (Å²) in [5.74, 6) is 0.692. The summed E-state index contributed by atoms with van der Waals surface area (Å²) >= 11 is 0. The second-order valence-electron chi connectivity index (χ2n) is 11.0. The lowest BCUT2D eigenvalue weighted by atomic mass is 10.0. The van der Waals surface area contributed by atoms with Gasteiger partial charge in [-0.25, -0.2) is 9.97 Å². The lowest BCUT2D eigenvalue weighted by molar-refractivity contribution is 0.593. The minimum Gasteiger partial charge on any atom is -0.309 e. The molecule has 6 aromatic carbocycles. The van der Waals surface area contributed by atoms with Crippen LogP contribution in [0.2, 0.25) is 0 Å². The van der Waals surface area contributed by atoms with Crippen molar-refractivity contribution in [2.45, 2.75) is 0 Å². The van der Waals surface area contributed by atoms with E-state index in [9.17, 15) is 0 Å². The van der Waals surface area contributed by atoms with Crippen LogP contribution < -0.4 is 15.9 Å². The van der Waals surface area contributed by atoms with Crippen LogP contribution in [-0.2, 0) is 4.57 Å². The van der Waals surface area contributed by atoms with Gasteiger partial charge in [-0.2, -0.15) is 0 Å². The molecule has 0 saturated carbocycles. The smallest absolute Gasteiger partial charge is 0.174 e. The van der Waals surface area contributed by atoms with Gasteiger partial charge in [-0.05, 0) is 47.5 Å². The maximum Gasteiger partial charge on any atom is 0.174 e. The highest BCUT2D eigenvalue weighted by Gasteiger charge is 2.42. The Labute approximate surface area is 248 Å². The molecule has 1 aliphatic heterocycles. The topological polar surface area (TPSA) is 47.8 Å². The number of benzene rings is 6. The Balaban J connectivity index is 1.33. The molecule has 1 unspecified atom stereocenters. The minimum atomic E-state index is -3.17. The number of rotatable bonds is 3. The zero-order chi connectivity index (χ0) is 28.5. The highest BCUT2D eigenvalue weighted by molar-refractivity contribution is 7.86. The number of fused-ring (bicyclic) bond motifs is 8. The van der Waals surface area contributed by atoms with E-state index in [-0.39, 0.29) is 0 Å². The third-order valence-corrected chi connectivity index (χ3v) is 11.8. The number of hydrogen-bond acceptors (Lipinski definition) is 3. The molecular weight excluding hydrogens is 545 g/mol. The number of aromatic nitrogens is 3. The molecule has 5 heteroatoms. The van der Waals surface area contributed by atoms with Gasteiger partial charge in [0.05, 0.1) is 21.9 Å². The quantitative estimate of drug-likeness (QED) is 0.203. The highest BCUT2D eigenvalue weighted by Crippen LogP contribution is 2.54. The van der Waals surface area contributed by atoms with E-state index in [0.29, 0.717) is 5.82 Å². The van der Waals surface area contributed by atoms with Crippen LogP contribution in [0.3, 0.4) is 0 Å². The Morgan fingerprint density at radius 3 is 2.23 bits per heavy atom. The number of hydrogen-bond donors (Lipinski definition) is 0. The van der Waals surface area contributed by atoms with Crippen molar-refractivity contribution in [1.29, 1.82) is 0 Å². The van der Waals surface area contributed by atoms with Gasteiger partial charge in [0, 0.05) is 44.2 Å². The van der Waals surface area contributed by atoms with Crippen molar-refractivity contribution >= 4 is 55.8 Å². The standard InChI is InChI=1S/C38H24N3OP/c42-43(28-11-2-1-3-12-28)35-17-9-6-14-30(35)32-23-22-31-29-13-5-8-16-34(29)41(36(31)37(32)43)27-20-18-25(19-21-27)38-39-24-26-10-4-7-15-33(26)40-38/h1-24H. The van der Waals surface area contributed by atoms with E-state index < -0.39 is 7.14 Å². The Bertz CT molecular complexity index is 2430. The molecule has 4 nitrogen and oxygen atoms in total. The molecular formula is C38H24N3OP. The highest BCUT2D eigenvalue weighted by atomic mass is 31.2. The van der Waals surface area contributed by atoms with Crippen molar-refractivity contribution in [3.63, 3.8) is 0 Å². The average Bonchev–Trinajstić information content (AvgIpc) is 3.55. The summed E-state index contributed by atoms with van der Waals surface area (Å²) in [5.41, 5.74) is 7.04. The molecule has 43 heavy (non-hydrogen) atoms. The van der Waals surface area contributed by atoms with E-state index in [1.165, 1.54) is 0 Å². The fraction of sp³-hybridized carbons (Fsp3) is 0. The molecule has 0 fully saturated rings. The summed E-state index contributed by atoms with van der Waals surface area (Å²) in [7, 11) is -3.17. The summed E-state index contributed by atoms with van der Waals surface area (Å²) < 4.78 is 17.9. The van der Waals surface area contributed by atoms with Crippen LogP contribution in [0.15, 0.2) is 146 Å². The maximum atomic E-state index is 15.7. The Morgan fingerprint density at radius 1 is 0.605 bits per heavy atom. The Morgan fingerprint density at radius 2 is 1.35 bits per heavy atom. The van der Waals surface area contributed by atoms with Crippen LogP contribution in [-0.4, -0.2) is 14.5 Å². The average molecular weight is 570 g/mol. The molecule has 8 aromatic rings. The van der Waals surface area contributed by atoms with Crippen molar-refractivity contribution in [3.05, 3.63) is 146 Å². The van der Waals surface area contributed by atoms with Crippen LogP contribution in [0.4, 0.5) is 0 Å². The van der Waals surface area contributed by atoms with E-state index >= 15 is 4.57 Å². The largest absolute Gasteiger partial charge is 0.309 e. The van der Waals surface area contributed by atoms with E-state index in [1.54, 1.807) is 0 Å². The normalized spacial score (nSPS) is 15.6. The first-order valence-corrected chi connectivity index (χ1v) is 16.1. The first-order valence-electron chi connectivity index (χ1n) is 14.4. The second kappa shape index (κ2) is 9.09. The lowest BCUT2D eigenvalue weighted by Gasteiger charge is -2.18. The van der Waals surface area contributed by atoms with Gasteiger partial charge in [0.2, 0.25) is 0 Å². The van der Waals surface area contributed by atoms with Crippen LogP contribution in [0, 0.1) is 0 Å². The molecule has 0 spiro atoms. The summed E-state index contributed by atoms with van der Waals surface area (Å²) in [6.45, 7) is 0. The van der Waals surface area contributed by atoms with Gasteiger partial charge in [0.25, 0.3) is 0 Å². The van der Waals surface area contributed by atoms with Gasteiger partial charge in [-0.15, -0.1) is 0 Å². The molecule has 0 bridgehead atoms. The molecule has 1 aliphatic rings. The van der Waals surface area contributed by atoms with Crippen LogP contribution >= 0.6 is 7.14 Å². The van der Waals surface area contributed by atoms with Crippen LogP contribution in [0.1, 0.15) is 0 Å². The zero-order valence-corrected chi connectivity index (χ0v) is 23.9. The molecule has 0 aliphatic carbocycles. The zero-order valence-electron chi connectivity index (χ0n) is 23.1. The Kier molecular flexibility index (Phi) is 5.14. The van der Waals surface area contributed by atoms with E-state index in [0.717, 1.165) is 71.0 Å². The van der Waals surface area contributed by atoms with Crippen molar-refractivity contribution in [2.75, 3.05) is 0 Å². The second-order valence-corrected chi connectivity index (χ2v) is 13.6. The summed E-state index contributed by atoms with van der Waals surface area (Å²) in [5, 5.41) is 5.93. The summed E-state index contributed by atoms with van der Waals surface area (Å²) in [6.07, 6.45) is 1.88. The van der Waals surface area contributed by atoms with Crippen molar-refractivity contribution in [3.8, 4) is 28.2 Å². The van der Waals surface area contributed by atoms with E-state index in [1.807, 2.05) is 79.0 Å². The molecule has 2 aromatic heterocycles. The molecule has 1 atom stereocenters. The first kappa shape index (κ1) is 24.3. The van der Waals surface area contributed by atoms with Crippen molar-refractivity contribution < 1.29 is 4.57 Å². The van der Waals surface area contributed by atoms with Gasteiger partial charge < -0.3 is 9.13 Å². The molecule has 0 saturated heterocycles. The lowest BCUT2D eigenvalue weighted by Crippen LogP contribution is -2.22. The minimum absolute atomic E-state index is 0.692. The molecule has 0 amide bonds. The predicted octanol–water partition coefficient (Wildman–Crippen LogP) is 8.01. The fourth-order valence-corrected chi connectivity index (χ4v) is 9.97. The molecule has 9 rings (SSSR count). The number of para-hydroxylation sites is 2. The summed E-state index contributed by atoms with van der Waals surface area (Å²) in [4.78, 5) is 9.44. The van der Waals surface area contributed by atoms with Gasteiger partial charge in [-0.1, -0.05) is 103 Å². The van der Waals surface area contributed by atoms with Gasteiger partial charge >= 0.3 is 0 Å². The third-order valence-electron chi connectivity index (χ3n) is 8.65. The first-order chi connectivity index (χ1) is 21.2. The van der Waals surface area contributed by atoms with Crippen molar-refractivity contribution in [2.24, 2.45) is 0 Å². The van der Waals surface area contributed by atoms with Crippen molar-refractivity contribution in [1.82, 2.24) is 14.5 Å². The van der Waals surface area contributed by atoms with Gasteiger partial charge in [-0.3, -0.25) is 0 Å². The SMILES string of the molecule is O=P1(c2ccccc2)c2ccccc2-c2ccc3c4ccccc4n(-c4ccc(-c5ncc6ccccc6n5)cc4)c3c21. The number of nitrogens with zero attached hydrogens (tertiary/aromatic N) is 3. The fourth-order valence-electron chi connectivity index (χ4n) is 6.72. The monoisotopic (exact) mass is 569 g/mol.